The van der Waals surface area contributed by atoms with Gasteiger partial charge in [-0.25, -0.2) is 0 Å². The van der Waals surface area contributed by atoms with Crippen LogP contribution in [0.2, 0.25) is 0 Å². The van der Waals surface area contributed by atoms with Crippen molar-refractivity contribution in [3.05, 3.63) is 54.1 Å². The third kappa shape index (κ3) is 4.85. The second-order valence-electron chi connectivity index (χ2n) is 6.67. The fourth-order valence-corrected chi connectivity index (χ4v) is 3.32. The molecule has 2 aromatic rings. The second-order valence-corrected chi connectivity index (χ2v) is 6.67. The Labute approximate surface area is 150 Å². The van der Waals surface area contributed by atoms with Crippen LogP contribution < -0.4 is 10.1 Å². The van der Waals surface area contributed by atoms with Crippen molar-refractivity contribution >= 4 is 16.7 Å². The average molecular weight is 337 g/mol. The zero-order valence-corrected chi connectivity index (χ0v) is 15.0. The average Bonchev–Trinajstić information content (AvgIpc) is 2.66. The minimum atomic E-state index is -0.443. The summed E-state index contributed by atoms with van der Waals surface area (Å²) in [5.41, 5.74) is 1.48. The van der Waals surface area contributed by atoms with Gasteiger partial charge in [0.2, 0.25) is 0 Å². The molecule has 0 bridgehead atoms. The van der Waals surface area contributed by atoms with Gasteiger partial charge in [0.1, 0.15) is 5.75 Å². The van der Waals surface area contributed by atoms with E-state index in [1.807, 2.05) is 37.3 Å². The molecular weight excluding hydrogens is 310 g/mol. The van der Waals surface area contributed by atoms with Crippen LogP contribution in [0, 0.1) is 0 Å². The normalized spacial score (nSPS) is 15.5. The quantitative estimate of drug-likeness (QED) is 0.722. The number of allylic oxidation sites excluding steroid dienone is 1. The molecule has 1 amide bonds. The summed E-state index contributed by atoms with van der Waals surface area (Å²) in [6, 6.07) is 14.1. The molecule has 0 aromatic heterocycles. The van der Waals surface area contributed by atoms with E-state index in [4.69, 9.17) is 4.74 Å². The molecule has 0 saturated heterocycles. The molecule has 1 atom stereocenters. The molecule has 0 saturated carbocycles. The Morgan fingerprint density at radius 1 is 1.16 bits per heavy atom. The number of fused-ring (bicyclic) bond motifs is 1. The Morgan fingerprint density at radius 3 is 2.76 bits per heavy atom. The first-order valence-electron chi connectivity index (χ1n) is 9.37. The first-order chi connectivity index (χ1) is 12.3. The fraction of sp³-hybridized carbons (Fsp3) is 0.409. The van der Waals surface area contributed by atoms with E-state index in [9.17, 15) is 4.79 Å². The van der Waals surface area contributed by atoms with Gasteiger partial charge in [-0.1, -0.05) is 48.9 Å². The van der Waals surface area contributed by atoms with Crippen molar-refractivity contribution in [3.8, 4) is 5.75 Å². The highest BCUT2D eigenvalue weighted by molar-refractivity contribution is 5.84. The number of ether oxygens (including phenoxy) is 1. The number of nitrogens with one attached hydrogen (secondary N) is 1. The van der Waals surface area contributed by atoms with E-state index < -0.39 is 6.10 Å². The molecule has 1 aliphatic rings. The van der Waals surface area contributed by atoms with Crippen molar-refractivity contribution in [3.63, 3.8) is 0 Å². The van der Waals surface area contributed by atoms with E-state index >= 15 is 0 Å². The van der Waals surface area contributed by atoms with Gasteiger partial charge >= 0.3 is 0 Å². The van der Waals surface area contributed by atoms with Gasteiger partial charge in [-0.2, -0.15) is 0 Å². The van der Waals surface area contributed by atoms with Gasteiger partial charge in [0, 0.05) is 6.54 Å². The van der Waals surface area contributed by atoms with Crippen LogP contribution in [0.25, 0.3) is 10.8 Å². The van der Waals surface area contributed by atoms with Crippen molar-refractivity contribution in [1.82, 2.24) is 5.32 Å². The zero-order chi connectivity index (χ0) is 17.5. The monoisotopic (exact) mass is 337 g/mol. The summed E-state index contributed by atoms with van der Waals surface area (Å²) in [6.45, 7) is 2.68. The summed E-state index contributed by atoms with van der Waals surface area (Å²) in [5.74, 6) is 0.725. The molecule has 3 heteroatoms. The van der Waals surface area contributed by atoms with Crippen LogP contribution in [0.5, 0.6) is 5.75 Å². The van der Waals surface area contributed by atoms with E-state index in [-0.39, 0.29) is 5.91 Å². The van der Waals surface area contributed by atoms with E-state index in [2.05, 4.69) is 23.5 Å². The Bertz CT molecular complexity index is 751. The number of hydrogen-bond acceptors (Lipinski definition) is 2. The first kappa shape index (κ1) is 17.5. The van der Waals surface area contributed by atoms with Crippen molar-refractivity contribution in [1.29, 1.82) is 0 Å². The molecular formula is C22H27NO2. The topological polar surface area (TPSA) is 38.3 Å². The Balaban J connectivity index is 1.55. The zero-order valence-electron chi connectivity index (χ0n) is 15.0. The molecule has 0 radical (unpaired) electrons. The molecule has 132 valence electrons. The maximum atomic E-state index is 12.4. The summed E-state index contributed by atoms with van der Waals surface area (Å²) in [6.07, 6.45) is 8.45. The van der Waals surface area contributed by atoms with Crippen molar-refractivity contribution in [2.45, 2.75) is 51.6 Å². The largest absolute Gasteiger partial charge is 0.481 e. The predicted molar refractivity (Wildman–Crippen MR) is 103 cm³/mol. The highest BCUT2D eigenvalue weighted by atomic mass is 16.5. The predicted octanol–water partition coefficient (Wildman–Crippen LogP) is 5.00. The smallest absolute Gasteiger partial charge is 0.261 e. The lowest BCUT2D eigenvalue weighted by atomic mass is 9.97. The minimum Gasteiger partial charge on any atom is -0.481 e. The molecule has 3 nitrogen and oxygen atoms in total. The minimum absolute atomic E-state index is 0.0212. The Morgan fingerprint density at radius 2 is 2.00 bits per heavy atom. The number of benzene rings is 2. The van der Waals surface area contributed by atoms with Crippen LogP contribution in [0.3, 0.4) is 0 Å². The van der Waals surface area contributed by atoms with Gasteiger partial charge in [-0.15, -0.1) is 0 Å². The number of carbonyl (C=O) groups excluding carboxylic acids is 1. The Hall–Kier alpha value is -2.29. The lowest BCUT2D eigenvalue weighted by Gasteiger charge is -2.18. The first-order valence-corrected chi connectivity index (χ1v) is 9.37. The summed E-state index contributed by atoms with van der Waals surface area (Å²) >= 11 is 0. The summed E-state index contributed by atoms with van der Waals surface area (Å²) in [7, 11) is 0. The van der Waals surface area contributed by atoms with Crippen LogP contribution in [-0.4, -0.2) is 18.6 Å². The van der Waals surface area contributed by atoms with Crippen LogP contribution in [0.15, 0.2) is 54.1 Å². The third-order valence-electron chi connectivity index (χ3n) is 4.79. The molecule has 1 N–H and O–H groups in total. The van der Waals surface area contributed by atoms with Gasteiger partial charge in [0.15, 0.2) is 6.10 Å². The van der Waals surface area contributed by atoms with Crippen molar-refractivity contribution in [2.75, 3.05) is 6.54 Å². The molecule has 0 unspecified atom stereocenters. The van der Waals surface area contributed by atoms with Gasteiger partial charge in [-0.05, 0) is 61.4 Å². The lowest BCUT2D eigenvalue weighted by molar-refractivity contribution is -0.128. The van der Waals surface area contributed by atoms with E-state index in [1.165, 1.54) is 36.6 Å². The SMILES string of the molecule is CC[C@H](Oc1ccc2ccccc2c1)C(=O)NCCC1=CCCCC1. The van der Waals surface area contributed by atoms with E-state index in [1.54, 1.807) is 0 Å². The van der Waals surface area contributed by atoms with E-state index in [0.29, 0.717) is 13.0 Å². The molecule has 2 aromatic carbocycles. The summed E-state index contributed by atoms with van der Waals surface area (Å²) in [4.78, 5) is 12.4. The summed E-state index contributed by atoms with van der Waals surface area (Å²) < 4.78 is 5.95. The number of carbonyl (C=O) groups is 1. The molecule has 0 aliphatic heterocycles. The molecule has 0 fully saturated rings. The molecule has 0 heterocycles. The molecule has 1 aliphatic carbocycles. The van der Waals surface area contributed by atoms with Gasteiger partial charge in [-0.3, -0.25) is 4.79 Å². The lowest BCUT2D eigenvalue weighted by Crippen LogP contribution is -2.38. The van der Waals surface area contributed by atoms with Gasteiger partial charge < -0.3 is 10.1 Å². The van der Waals surface area contributed by atoms with Gasteiger partial charge in [0.05, 0.1) is 0 Å². The van der Waals surface area contributed by atoms with Crippen molar-refractivity contribution in [2.24, 2.45) is 0 Å². The Kier molecular flexibility index (Phi) is 6.10. The number of amides is 1. The highest BCUT2D eigenvalue weighted by Gasteiger charge is 2.18. The van der Waals surface area contributed by atoms with E-state index in [0.717, 1.165) is 17.6 Å². The van der Waals surface area contributed by atoms with Crippen LogP contribution >= 0.6 is 0 Å². The summed E-state index contributed by atoms with van der Waals surface area (Å²) in [5, 5.41) is 5.33. The van der Waals surface area contributed by atoms with Gasteiger partial charge in [0.25, 0.3) is 5.91 Å². The second kappa shape index (κ2) is 8.70. The standard InChI is InChI=1S/C22H27NO2/c1-2-21(22(24)23-15-14-17-8-4-3-5-9-17)25-20-13-12-18-10-6-7-11-19(18)16-20/h6-8,10-13,16,21H,2-5,9,14-15H2,1H3,(H,23,24)/t21-/m0/s1. The highest BCUT2D eigenvalue weighted by Crippen LogP contribution is 2.22. The van der Waals surface area contributed by atoms with Crippen LogP contribution in [0.4, 0.5) is 0 Å². The number of rotatable bonds is 7. The third-order valence-corrected chi connectivity index (χ3v) is 4.79. The number of hydrogen-bond donors (Lipinski definition) is 1. The van der Waals surface area contributed by atoms with Crippen LogP contribution in [0.1, 0.15) is 45.4 Å². The maximum Gasteiger partial charge on any atom is 0.261 e. The molecule has 3 rings (SSSR count). The molecule has 25 heavy (non-hydrogen) atoms. The molecule has 0 spiro atoms. The van der Waals surface area contributed by atoms with Crippen LogP contribution in [-0.2, 0) is 4.79 Å². The maximum absolute atomic E-state index is 12.4. The van der Waals surface area contributed by atoms with Crippen molar-refractivity contribution < 1.29 is 9.53 Å². The fourth-order valence-electron chi connectivity index (χ4n) is 3.32.